The highest BCUT2D eigenvalue weighted by Crippen LogP contribution is 2.34. The molecule has 0 spiro atoms. The van der Waals surface area contributed by atoms with Gasteiger partial charge >= 0.3 is 11.8 Å². The molecule has 6 nitrogen and oxygen atoms in total. The van der Waals surface area contributed by atoms with Crippen LogP contribution in [0.3, 0.4) is 0 Å². The Balaban J connectivity index is 1.91. The number of unbranched alkanes of at least 4 members (excludes halogenated alkanes) is 1. The van der Waals surface area contributed by atoms with Crippen molar-refractivity contribution in [3.63, 3.8) is 0 Å². The van der Waals surface area contributed by atoms with Gasteiger partial charge in [-0.2, -0.15) is 5.10 Å². The van der Waals surface area contributed by atoms with E-state index >= 15 is 0 Å². The molecule has 6 heteroatoms. The third-order valence-electron chi connectivity index (χ3n) is 3.95. The first-order chi connectivity index (χ1) is 10.1. The maximum Gasteiger partial charge on any atom is 0.314 e. The number of hydrogen-bond donors (Lipinski definition) is 2. The second-order valence-electron chi connectivity index (χ2n) is 5.62. The summed E-state index contributed by atoms with van der Waals surface area (Å²) in [5, 5.41) is 9.44. The van der Waals surface area contributed by atoms with Crippen molar-refractivity contribution in [1.29, 1.82) is 0 Å². The average molecular weight is 292 g/mol. The minimum Gasteiger partial charge on any atom is -0.348 e. The molecule has 0 bridgehead atoms. The van der Waals surface area contributed by atoms with Gasteiger partial charge in [-0.05, 0) is 19.3 Å². The van der Waals surface area contributed by atoms with E-state index in [4.69, 9.17) is 0 Å². The van der Waals surface area contributed by atoms with Crippen LogP contribution in [0.25, 0.3) is 0 Å². The van der Waals surface area contributed by atoms with Crippen molar-refractivity contribution in [3.05, 3.63) is 11.8 Å². The van der Waals surface area contributed by atoms with E-state index in [0.717, 1.165) is 18.5 Å². The molecule has 1 aromatic heterocycles. The Bertz CT molecular complexity index is 504. The van der Waals surface area contributed by atoms with Gasteiger partial charge in [0.25, 0.3) is 0 Å². The van der Waals surface area contributed by atoms with Crippen molar-refractivity contribution < 1.29 is 9.59 Å². The van der Waals surface area contributed by atoms with Gasteiger partial charge in [0.05, 0.1) is 0 Å². The number of rotatable bonds is 5. The summed E-state index contributed by atoms with van der Waals surface area (Å²) in [6.07, 6.45) is 6.69. The van der Waals surface area contributed by atoms with Crippen LogP contribution >= 0.6 is 0 Å². The van der Waals surface area contributed by atoms with Crippen LogP contribution in [-0.2, 0) is 16.6 Å². The fourth-order valence-corrected chi connectivity index (χ4v) is 2.78. The standard InChI is InChI=1S/C15H24N4O2/c1-3-4-9-16-14(20)15(21)17-13-10-12(19(2)18-13)11-7-5-6-8-11/h10-11H,3-9H2,1-2H3,(H,16,20)(H,17,18,21). The number of nitrogens with one attached hydrogen (secondary N) is 2. The maximum absolute atomic E-state index is 11.8. The molecule has 21 heavy (non-hydrogen) atoms. The van der Waals surface area contributed by atoms with Crippen LogP contribution in [0.2, 0.25) is 0 Å². The predicted molar refractivity (Wildman–Crippen MR) is 81.0 cm³/mol. The summed E-state index contributed by atoms with van der Waals surface area (Å²) in [6.45, 7) is 2.56. The highest BCUT2D eigenvalue weighted by molar-refractivity contribution is 6.39. The monoisotopic (exact) mass is 292 g/mol. The van der Waals surface area contributed by atoms with Crippen LogP contribution in [0.5, 0.6) is 0 Å². The summed E-state index contributed by atoms with van der Waals surface area (Å²) in [4.78, 5) is 23.4. The topological polar surface area (TPSA) is 76.0 Å². The smallest absolute Gasteiger partial charge is 0.314 e. The molecule has 1 aromatic rings. The van der Waals surface area contributed by atoms with Gasteiger partial charge in [-0.25, -0.2) is 0 Å². The lowest BCUT2D eigenvalue weighted by molar-refractivity contribution is -0.136. The molecule has 1 aliphatic rings. The van der Waals surface area contributed by atoms with Gasteiger partial charge in [0.2, 0.25) is 0 Å². The number of carbonyl (C=O) groups is 2. The molecule has 0 atom stereocenters. The fraction of sp³-hybridized carbons (Fsp3) is 0.667. The minimum absolute atomic E-state index is 0.454. The first kappa shape index (κ1) is 15.5. The molecule has 1 aliphatic carbocycles. The van der Waals surface area contributed by atoms with E-state index in [1.165, 1.54) is 25.7 Å². The molecule has 0 aliphatic heterocycles. The summed E-state index contributed by atoms with van der Waals surface area (Å²) >= 11 is 0. The number of hydrogen-bond acceptors (Lipinski definition) is 3. The van der Waals surface area contributed by atoms with Crippen LogP contribution in [0.1, 0.15) is 57.1 Å². The van der Waals surface area contributed by atoms with Crippen molar-refractivity contribution in [1.82, 2.24) is 15.1 Å². The Morgan fingerprint density at radius 2 is 2.05 bits per heavy atom. The Kier molecular flexibility index (Phi) is 5.36. The SMILES string of the molecule is CCCCNC(=O)C(=O)Nc1cc(C2CCCC2)n(C)n1. The third-order valence-corrected chi connectivity index (χ3v) is 3.95. The molecular weight excluding hydrogens is 268 g/mol. The number of nitrogens with zero attached hydrogens (tertiary/aromatic N) is 2. The Hall–Kier alpha value is -1.85. The molecule has 1 heterocycles. The second-order valence-corrected chi connectivity index (χ2v) is 5.62. The average Bonchev–Trinajstić information content (AvgIpc) is 3.08. The molecule has 2 amide bonds. The van der Waals surface area contributed by atoms with Crippen molar-refractivity contribution >= 4 is 17.6 Å². The van der Waals surface area contributed by atoms with Crippen LogP contribution in [-0.4, -0.2) is 28.1 Å². The molecule has 2 N–H and O–H groups in total. The van der Waals surface area contributed by atoms with Crippen molar-refractivity contribution in [3.8, 4) is 0 Å². The van der Waals surface area contributed by atoms with E-state index in [2.05, 4.69) is 15.7 Å². The van der Waals surface area contributed by atoms with Crippen molar-refractivity contribution in [2.45, 2.75) is 51.4 Å². The predicted octanol–water partition coefficient (Wildman–Crippen LogP) is 1.93. The number of carbonyl (C=O) groups excluding carboxylic acids is 2. The molecule has 2 rings (SSSR count). The molecule has 0 aromatic carbocycles. The van der Waals surface area contributed by atoms with Crippen LogP contribution in [0, 0.1) is 0 Å². The van der Waals surface area contributed by atoms with Gasteiger partial charge in [0, 0.05) is 31.3 Å². The van der Waals surface area contributed by atoms with E-state index in [1.54, 1.807) is 4.68 Å². The second kappa shape index (κ2) is 7.24. The Labute approximate surface area is 125 Å². The molecule has 0 saturated heterocycles. The molecule has 1 fully saturated rings. The van der Waals surface area contributed by atoms with Gasteiger partial charge in [0.1, 0.15) is 0 Å². The lowest BCUT2D eigenvalue weighted by Crippen LogP contribution is -2.35. The van der Waals surface area contributed by atoms with Crippen LogP contribution in [0.15, 0.2) is 6.07 Å². The zero-order chi connectivity index (χ0) is 15.2. The first-order valence-electron chi connectivity index (χ1n) is 7.75. The summed E-state index contributed by atoms with van der Waals surface area (Å²) < 4.78 is 1.81. The summed E-state index contributed by atoms with van der Waals surface area (Å²) in [6, 6.07) is 1.88. The van der Waals surface area contributed by atoms with E-state index in [1.807, 2.05) is 20.0 Å². The summed E-state index contributed by atoms with van der Waals surface area (Å²) in [7, 11) is 1.88. The highest BCUT2D eigenvalue weighted by atomic mass is 16.2. The fourth-order valence-electron chi connectivity index (χ4n) is 2.78. The van der Waals surface area contributed by atoms with Gasteiger partial charge in [-0.3, -0.25) is 14.3 Å². The zero-order valence-electron chi connectivity index (χ0n) is 12.8. The van der Waals surface area contributed by atoms with E-state index in [0.29, 0.717) is 18.3 Å². The first-order valence-corrected chi connectivity index (χ1v) is 7.75. The molecule has 116 valence electrons. The maximum atomic E-state index is 11.8. The third kappa shape index (κ3) is 4.06. The van der Waals surface area contributed by atoms with Gasteiger partial charge in [-0.15, -0.1) is 0 Å². The molecule has 0 unspecified atom stereocenters. The van der Waals surface area contributed by atoms with Gasteiger partial charge < -0.3 is 10.6 Å². The normalized spacial score (nSPS) is 15.1. The number of aryl methyl sites for hydroxylation is 1. The van der Waals surface area contributed by atoms with Gasteiger partial charge in [0.15, 0.2) is 5.82 Å². The Morgan fingerprint density at radius 3 is 2.71 bits per heavy atom. The Morgan fingerprint density at radius 1 is 1.33 bits per heavy atom. The van der Waals surface area contributed by atoms with E-state index in [9.17, 15) is 9.59 Å². The number of aromatic nitrogens is 2. The lowest BCUT2D eigenvalue weighted by atomic mass is 10.0. The van der Waals surface area contributed by atoms with Crippen molar-refractivity contribution in [2.75, 3.05) is 11.9 Å². The van der Waals surface area contributed by atoms with Gasteiger partial charge in [-0.1, -0.05) is 26.2 Å². The highest BCUT2D eigenvalue weighted by Gasteiger charge is 2.22. The quantitative estimate of drug-likeness (QED) is 0.643. The van der Waals surface area contributed by atoms with Crippen LogP contribution in [0.4, 0.5) is 5.82 Å². The number of amides is 2. The minimum atomic E-state index is -0.651. The largest absolute Gasteiger partial charge is 0.348 e. The van der Waals surface area contributed by atoms with E-state index < -0.39 is 11.8 Å². The molecule has 0 radical (unpaired) electrons. The summed E-state index contributed by atoms with van der Waals surface area (Å²) in [5.74, 6) is -0.278. The summed E-state index contributed by atoms with van der Waals surface area (Å²) in [5.41, 5.74) is 1.13. The lowest BCUT2D eigenvalue weighted by Gasteiger charge is -2.07. The zero-order valence-corrected chi connectivity index (χ0v) is 12.8. The molecule has 1 saturated carbocycles. The van der Waals surface area contributed by atoms with Crippen molar-refractivity contribution in [2.24, 2.45) is 7.05 Å². The molecular formula is C15H24N4O2. The van der Waals surface area contributed by atoms with E-state index in [-0.39, 0.29) is 0 Å². The van der Waals surface area contributed by atoms with Crippen LogP contribution < -0.4 is 10.6 Å². The number of anilines is 1.